The summed E-state index contributed by atoms with van der Waals surface area (Å²) in [6.45, 7) is 1.99. The number of ether oxygens (including phenoxy) is 2. The lowest BCUT2D eigenvalue weighted by Crippen LogP contribution is -2.46. The fourth-order valence-corrected chi connectivity index (χ4v) is 4.85. The average molecular weight is 495 g/mol. The van der Waals surface area contributed by atoms with E-state index in [2.05, 4.69) is 4.98 Å². The highest BCUT2D eigenvalue weighted by Crippen LogP contribution is 2.41. The van der Waals surface area contributed by atoms with Crippen molar-refractivity contribution in [3.63, 3.8) is 0 Å². The van der Waals surface area contributed by atoms with Crippen molar-refractivity contribution in [2.75, 3.05) is 13.7 Å². The molecule has 0 saturated carbocycles. The zero-order valence-corrected chi connectivity index (χ0v) is 19.8. The lowest BCUT2D eigenvalue weighted by atomic mass is 9.91. The standard InChI is InChI=1S/C28H25F3N2O3/c1-17(36-20-9-4-3-5-10-20)27(34)33-14-13-22-23-16-21(35-2)11-12-24(23)32-25(22)26(33)18-7-6-8-19(15-18)28(29,30)31/h3-12,15-17,26,32H,13-14H2,1-2H3/t17-,26-/m1/s1. The van der Waals surface area contributed by atoms with Gasteiger partial charge in [0.15, 0.2) is 6.10 Å². The lowest BCUT2D eigenvalue weighted by molar-refractivity contribution is -0.140. The maximum absolute atomic E-state index is 13.6. The Balaban J connectivity index is 1.59. The van der Waals surface area contributed by atoms with E-state index in [1.165, 1.54) is 6.07 Å². The molecule has 186 valence electrons. The van der Waals surface area contributed by atoms with Crippen LogP contribution in [0.2, 0.25) is 0 Å². The van der Waals surface area contributed by atoms with Crippen molar-refractivity contribution in [1.29, 1.82) is 0 Å². The van der Waals surface area contributed by atoms with Crippen LogP contribution in [0.3, 0.4) is 0 Å². The summed E-state index contributed by atoms with van der Waals surface area (Å²) in [6, 6.07) is 19.0. The van der Waals surface area contributed by atoms with Crippen LogP contribution in [-0.4, -0.2) is 35.5 Å². The van der Waals surface area contributed by atoms with Gasteiger partial charge in [-0.25, -0.2) is 0 Å². The highest BCUT2D eigenvalue weighted by atomic mass is 19.4. The molecule has 5 nitrogen and oxygen atoms in total. The van der Waals surface area contributed by atoms with Crippen LogP contribution >= 0.6 is 0 Å². The molecular formula is C28H25F3N2O3. The number of H-pyrrole nitrogens is 1. The Kier molecular flexibility index (Phi) is 6.12. The summed E-state index contributed by atoms with van der Waals surface area (Å²) in [5.41, 5.74) is 2.12. The minimum Gasteiger partial charge on any atom is -0.497 e. The molecule has 0 aliphatic carbocycles. The van der Waals surface area contributed by atoms with Crippen LogP contribution in [-0.2, 0) is 17.4 Å². The smallest absolute Gasteiger partial charge is 0.416 e. The van der Waals surface area contributed by atoms with Crippen molar-refractivity contribution < 1.29 is 27.4 Å². The molecule has 0 saturated heterocycles. The number of carbonyl (C=O) groups is 1. The Morgan fingerprint density at radius 3 is 2.53 bits per heavy atom. The molecule has 0 radical (unpaired) electrons. The van der Waals surface area contributed by atoms with Crippen LogP contribution in [0.1, 0.15) is 35.3 Å². The Bertz CT molecular complexity index is 1400. The molecule has 0 unspecified atom stereocenters. The quantitative estimate of drug-likeness (QED) is 0.363. The van der Waals surface area contributed by atoms with E-state index >= 15 is 0 Å². The molecule has 2 heterocycles. The second-order valence-electron chi connectivity index (χ2n) is 8.81. The van der Waals surface area contributed by atoms with Crippen molar-refractivity contribution in [3.8, 4) is 11.5 Å². The first-order chi connectivity index (χ1) is 17.3. The fraction of sp³-hybridized carbons (Fsp3) is 0.250. The first-order valence-corrected chi connectivity index (χ1v) is 11.6. The van der Waals surface area contributed by atoms with Crippen molar-refractivity contribution in [1.82, 2.24) is 9.88 Å². The van der Waals surface area contributed by atoms with E-state index < -0.39 is 23.9 Å². The number of carbonyl (C=O) groups excluding carboxylic acids is 1. The first-order valence-electron chi connectivity index (χ1n) is 11.6. The normalized spacial score (nSPS) is 16.5. The molecule has 1 aromatic heterocycles. The van der Waals surface area contributed by atoms with E-state index in [4.69, 9.17) is 9.47 Å². The molecular weight excluding hydrogens is 469 g/mol. The number of alkyl halides is 3. The predicted molar refractivity (Wildman–Crippen MR) is 130 cm³/mol. The molecule has 0 spiro atoms. The summed E-state index contributed by atoms with van der Waals surface area (Å²) >= 11 is 0. The van der Waals surface area contributed by atoms with Crippen molar-refractivity contribution in [2.45, 2.75) is 31.7 Å². The summed E-state index contributed by atoms with van der Waals surface area (Å²) in [6.07, 6.45) is -4.78. The van der Waals surface area contributed by atoms with Gasteiger partial charge in [0.2, 0.25) is 0 Å². The third-order valence-corrected chi connectivity index (χ3v) is 6.55. The highest BCUT2D eigenvalue weighted by Gasteiger charge is 2.38. The third kappa shape index (κ3) is 4.39. The van der Waals surface area contributed by atoms with Crippen LogP contribution in [0.15, 0.2) is 72.8 Å². The van der Waals surface area contributed by atoms with Crippen molar-refractivity contribution in [2.24, 2.45) is 0 Å². The van der Waals surface area contributed by atoms with Gasteiger partial charge in [0.1, 0.15) is 11.5 Å². The second-order valence-corrected chi connectivity index (χ2v) is 8.81. The van der Waals surface area contributed by atoms with E-state index in [1.807, 2.05) is 36.4 Å². The number of methoxy groups -OCH3 is 1. The van der Waals surface area contributed by atoms with Gasteiger partial charge in [-0.2, -0.15) is 13.2 Å². The molecule has 1 aliphatic rings. The summed E-state index contributed by atoms with van der Waals surface area (Å²) in [5.74, 6) is 0.927. The Hall–Kier alpha value is -3.94. The number of halogens is 3. The second kappa shape index (κ2) is 9.26. The van der Waals surface area contributed by atoms with E-state index in [0.29, 0.717) is 35.7 Å². The Morgan fingerprint density at radius 2 is 1.81 bits per heavy atom. The van der Waals surface area contributed by atoms with Gasteiger partial charge < -0.3 is 19.4 Å². The van der Waals surface area contributed by atoms with Gasteiger partial charge in [0.25, 0.3) is 5.91 Å². The monoisotopic (exact) mass is 494 g/mol. The number of nitrogens with one attached hydrogen (secondary N) is 1. The SMILES string of the molecule is COc1ccc2[nH]c3c(c2c1)CCN(C(=O)[C@@H](C)Oc1ccccc1)[C@@H]3c1cccc(C(F)(F)F)c1. The van der Waals surface area contributed by atoms with Gasteiger partial charge in [0.05, 0.1) is 18.7 Å². The molecule has 8 heteroatoms. The molecule has 2 atom stereocenters. The van der Waals surface area contributed by atoms with Gasteiger partial charge >= 0.3 is 6.18 Å². The predicted octanol–water partition coefficient (Wildman–Crippen LogP) is 6.14. The first kappa shape index (κ1) is 23.8. The highest BCUT2D eigenvalue weighted by molar-refractivity contribution is 5.88. The number of aromatic nitrogens is 1. The molecule has 0 fully saturated rings. The zero-order chi connectivity index (χ0) is 25.4. The lowest BCUT2D eigenvalue weighted by Gasteiger charge is -2.37. The van der Waals surface area contributed by atoms with Gasteiger partial charge in [-0.1, -0.05) is 30.3 Å². The van der Waals surface area contributed by atoms with Crippen LogP contribution in [0.5, 0.6) is 11.5 Å². The molecule has 1 amide bonds. The number of benzene rings is 3. The molecule has 1 aliphatic heterocycles. The number of rotatable bonds is 5. The average Bonchev–Trinajstić information content (AvgIpc) is 3.25. The number of fused-ring (bicyclic) bond motifs is 3. The summed E-state index contributed by atoms with van der Waals surface area (Å²) in [7, 11) is 1.58. The van der Waals surface area contributed by atoms with E-state index in [1.54, 1.807) is 37.1 Å². The maximum Gasteiger partial charge on any atom is 0.416 e. The number of hydrogen-bond acceptors (Lipinski definition) is 3. The van der Waals surface area contributed by atoms with E-state index in [0.717, 1.165) is 28.6 Å². The van der Waals surface area contributed by atoms with Gasteiger partial charge in [0, 0.05) is 23.1 Å². The minimum atomic E-state index is -4.50. The minimum absolute atomic E-state index is 0.303. The molecule has 3 aromatic carbocycles. The number of amides is 1. The van der Waals surface area contributed by atoms with Crippen molar-refractivity contribution >= 4 is 16.8 Å². The third-order valence-electron chi connectivity index (χ3n) is 6.55. The van der Waals surface area contributed by atoms with E-state index in [-0.39, 0.29) is 5.91 Å². The number of hydrogen-bond donors (Lipinski definition) is 1. The van der Waals surface area contributed by atoms with E-state index in [9.17, 15) is 18.0 Å². The van der Waals surface area contributed by atoms with Gasteiger partial charge in [-0.3, -0.25) is 4.79 Å². The molecule has 0 bridgehead atoms. The molecule has 5 rings (SSSR count). The number of nitrogens with zero attached hydrogens (tertiary/aromatic N) is 1. The maximum atomic E-state index is 13.6. The molecule has 4 aromatic rings. The molecule has 36 heavy (non-hydrogen) atoms. The largest absolute Gasteiger partial charge is 0.497 e. The topological polar surface area (TPSA) is 54.6 Å². The number of aromatic amines is 1. The van der Waals surface area contributed by atoms with Gasteiger partial charge in [-0.05, 0) is 66.9 Å². The van der Waals surface area contributed by atoms with Crippen LogP contribution in [0.25, 0.3) is 10.9 Å². The summed E-state index contributed by atoms with van der Waals surface area (Å²) in [5, 5.41) is 0.932. The zero-order valence-electron chi connectivity index (χ0n) is 19.8. The molecule has 1 N–H and O–H groups in total. The van der Waals surface area contributed by atoms with Crippen LogP contribution in [0, 0.1) is 0 Å². The van der Waals surface area contributed by atoms with Crippen LogP contribution < -0.4 is 9.47 Å². The Morgan fingerprint density at radius 1 is 1.03 bits per heavy atom. The summed E-state index contributed by atoms with van der Waals surface area (Å²) < 4.78 is 52.0. The fourth-order valence-electron chi connectivity index (χ4n) is 4.85. The number of para-hydroxylation sites is 1. The van der Waals surface area contributed by atoms with Gasteiger partial charge in [-0.15, -0.1) is 0 Å². The van der Waals surface area contributed by atoms with Crippen molar-refractivity contribution in [3.05, 3.63) is 95.2 Å². The Labute approximate surface area is 206 Å². The van der Waals surface area contributed by atoms with Crippen LogP contribution in [0.4, 0.5) is 13.2 Å². The summed E-state index contributed by atoms with van der Waals surface area (Å²) in [4.78, 5) is 18.6.